The number of halogens is 1. The Labute approximate surface area is 103 Å². The maximum Gasteiger partial charge on any atom is 0.0467 e. The molecule has 1 aliphatic heterocycles. The second-order valence-electron chi connectivity index (χ2n) is 4.51. The zero-order valence-corrected chi connectivity index (χ0v) is 10.8. The van der Waals surface area contributed by atoms with Crippen molar-refractivity contribution in [3.05, 3.63) is 33.8 Å². The molecule has 1 saturated heterocycles. The third-order valence-electron chi connectivity index (χ3n) is 3.30. The van der Waals surface area contributed by atoms with Gasteiger partial charge in [0.05, 0.1) is 0 Å². The molecule has 0 amide bonds. The van der Waals surface area contributed by atoms with Crippen molar-refractivity contribution in [3.8, 4) is 0 Å². The van der Waals surface area contributed by atoms with Crippen molar-refractivity contribution in [2.45, 2.75) is 20.4 Å². The van der Waals surface area contributed by atoms with Crippen LogP contribution >= 0.6 is 11.6 Å². The van der Waals surface area contributed by atoms with E-state index in [4.69, 9.17) is 11.6 Å². The number of benzene rings is 1. The van der Waals surface area contributed by atoms with Gasteiger partial charge < -0.3 is 5.32 Å². The Morgan fingerprint density at radius 2 is 1.94 bits per heavy atom. The monoisotopic (exact) mass is 238 g/mol. The molecule has 1 fully saturated rings. The van der Waals surface area contributed by atoms with Crippen LogP contribution in [0.4, 0.5) is 0 Å². The summed E-state index contributed by atoms with van der Waals surface area (Å²) in [6.45, 7) is 9.65. The van der Waals surface area contributed by atoms with Crippen LogP contribution in [0.5, 0.6) is 0 Å². The molecule has 1 aromatic rings. The highest BCUT2D eigenvalue weighted by Gasteiger charge is 2.12. The molecule has 0 radical (unpaired) electrons. The number of piperazine rings is 1. The number of hydrogen-bond donors (Lipinski definition) is 1. The van der Waals surface area contributed by atoms with Crippen LogP contribution in [0.2, 0.25) is 5.02 Å². The Balaban J connectivity index is 2.11. The lowest BCUT2D eigenvalue weighted by Gasteiger charge is -2.28. The first-order valence-corrected chi connectivity index (χ1v) is 6.24. The van der Waals surface area contributed by atoms with Crippen LogP contribution in [0.3, 0.4) is 0 Å². The van der Waals surface area contributed by atoms with Gasteiger partial charge in [-0.25, -0.2) is 0 Å². The highest BCUT2D eigenvalue weighted by molar-refractivity contribution is 6.32. The first-order chi connectivity index (χ1) is 7.68. The van der Waals surface area contributed by atoms with Gasteiger partial charge in [-0.15, -0.1) is 0 Å². The Kier molecular flexibility index (Phi) is 3.85. The first kappa shape index (κ1) is 11.9. The molecule has 1 aliphatic rings. The van der Waals surface area contributed by atoms with Gasteiger partial charge in [-0.2, -0.15) is 0 Å². The van der Waals surface area contributed by atoms with Gasteiger partial charge in [0.25, 0.3) is 0 Å². The van der Waals surface area contributed by atoms with E-state index in [2.05, 4.69) is 36.2 Å². The van der Waals surface area contributed by atoms with E-state index in [9.17, 15) is 0 Å². The van der Waals surface area contributed by atoms with Gasteiger partial charge in [-0.3, -0.25) is 4.90 Å². The Bertz CT molecular complexity index is 370. The van der Waals surface area contributed by atoms with E-state index in [0.29, 0.717) is 0 Å². The van der Waals surface area contributed by atoms with Crippen LogP contribution in [-0.2, 0) is 6.54 Å². The Morgan fingerprint density at radius 1 is 1.25 bits per heavy atom. The second-order valence-corrected chi connectivity index (χ2v) is 4.88. The average molecular weight is 239 g/mol. The molecule has 88 valence electrons. The van der Waals surface area contributed by atoms with Gasteiger partial charge in [0, 0.05) is 37.7 Å². The summed E-state index contributed by atoms with van der Waals surface area (Å²) in [4.78, 5) is 2.48. The van der Waals surface area contributed by atoms with Crippen molar-refractivity contribution >= 4 is 11.6 Å². The summed E-state index contributed by atoms with van der Waals surface area (Å²) in [7, 11) is 0. The number of rotatable bonds is 2. The van der Waals surface area contributed by atoms with Crippen molar-refractivity contribution in [1.82, 2.24) is 10.2 Å². The smallest absolute Gasteiger partial charge is 0.0467 e. The molecule has 0 bridgehead atoms. The largest absolute Gasteiger partial charge is 0.314 e. The fraction of sp³-hybridized carbons (Fsp3) is 0.538. The molecule has 2 rings (SSSR count). The van der Waals surface area contributed by atoms with Gasteiger partial charge >= 0.3 is 0 Å². The number of nitrogens with one attached hydrogen (secondary N) is 1. The van der Waals surface area contributed by atoms with E-state index < -0.39 is 0 Å². The van der Waals surface area contributed by atoms with E-state index in [1.165, 1.54) is 16.7 Å². The van der Waals surface area contributed by atoms with Crippen LogP contribution in [0.15, 0.2) is 12.1 Å². The quantitative estimate of drug-likeness (QED) is 0.851. The van der Waals surface area contributed by atoms with Crippen LogP contribution in [0, 0.1) is 13.8 Å². The first-order valence-electron chi connectivity index (χ1n) is 5.86. The summed E-state index contributed by atoms with van der Waals surface area (Å²) < 4.78 is 0. The second kappa shape index (κ2) is 5.17. The Morgan fingerprint density at radius 3 is 2.62 bits per heavy atom. The van der Waals surface area contributed by atoms with Gasteiger partial charge in [0.2, 0.25) is 0 Å². The summed E-state index contributed by atoms with van der Waals surface area (Å²) in [6.07, 6.45) is 0. The molecular formula is C13H19ClN2. The van der Waals surface area contributed by atoms with E-state index in [1.54, 1.807) is 0 Å². The summed E-state index contributed by atoms with van der Waals surface area (Å²) in [5.74, 6) is 0. The molecule has 0 saturated carbocycles. The van der Waals surface area contributed by atoms with Crippen LogP contribution in [0.25, 0.3) is 0 Å². The molecule has 16 heavy (non-hydrogen) atoms. The summed E-state index contributed by atoms with van der Waals surface area (Å²) in [5, 5.41) is 4.29. The minimum atomic E-state index is 0.924. The molecule has 2 nitrogen and oxygen atoms in total. The van der Waals surface area contributed by atoms with Crippen LogP contribution < -0.4 is 5.32 Å². The van der Waals surface area contributed by atoms with Crippen LogP contribution in [-0.4, -0.2) is 31.1 Å². The normalized spacial score (nSPS) is 17.7. The molecule has 1 N–H and O–H groups in total. The van der Waals surface area contributed by atoms with E-state index in [0.717, 1.165) is 37.7 Å². The number of nitrogens with zero attached hydrogens (tertiary/aromatic N) is 1. The lowest BCUT2D eigenvalue weighted by atomic mass is 10.0. The van der Waals surface area contributed by atoms with Gasteiger partial charge in [-0.05, 0) is 30.5 Å². The maximum absolute atomic E-state index is 6.27. The van der Waals surface area contributed by atoms with E-state index in [1.807, 2.05) is 0 Å². The highest BCUT2D eigenvalue weighted by atomic mass is 35.5. The van der Waals surface area contributed by atoms with E-state index in [-0.39, 0.29) is 0 Å². The summed E-state index contributed by atoms with van der Waals surface area (Å²) >= 11 is 6.27. The zero-order chi connectivity index (χ0) is 11.5. The minimum Gasteiger partial charge on any atom is -0.314 e. The molecule has 0 unspecified atom stereocenters. The van der Waals surface area contributed by atoms with Crippen molar-refractivity contribution in [2.75, 3.05) is 26.2 Å². The maximum atomic E-state index is 6.27. The minimum absolute atomic E-state index is 0.924. The average Bonchev–Trinajstić information content (AvgIpc) is 2.31. The standard InChI is InChI=1S/C13H19ClN2/c1-10-3-4-12(11(2)13(10)14)9-16-7-5-15-6-8-16/h3-4,15H,5-9H2,1-2H3. The van der Waals surface area contributed by atoms with Crippen LogP contribution in [0.1, 0.15) is 16.7 Å². The fourth-order valence-corrected chi connectivity index (χ4v) is 2.33. The molecule has 1 heterocycles. The molecule has 0 atom stereocenters. The topological polar surface area (TPSA) is 15.3 Å². The van der Waals surface area contributed by atoms with Gasteiger partial charge in [-0.1, -0.05) is 23.7 Å². The number of hydrogen-bond acceptors (Lipinski definition) is 2. The summed E-state index contributed by atoms with van der Waals surface area (Å²) in [5.41, 5.74) is 3.76. The molecule has 3 heteroatoms. The lowest BCUT2D eigenvalue weighted by Crippen LogP contribution is -2.43. The molecule has 0 aromatic heterocycles. The third-order valence-corrected chi connectivity index (χ3v) is 3.88. The van der Waals surface area contributed by atoms with E-state index >= 15 is 0 Å². The predicted molar refractivity (Wildman–Crippen MR) is 69.1 cm³/mol. The summed E-state index contributed by atoms with van der Waals surface area (Å²) in [6, 6.07) is 4.32. The fourth-order valence-electron chi connectivity index (χ4n) is 2.14. The van der Waals surface area contributed by atoms with Crippen molar-refractivity contribution in [1.29, 1.82) is 0 Å². The molecule has 0 aliphatic carbocycles. The Hall–Kier alpha value is -0.570. The van der Waals surface area contributed by atoms with Crippen molar-refractivity contribution < 1.29 is 0 Å². The molecule has 0 spiro atoms. The van der Waals surface area contributed by atoms with Crippen molar-refractivity contribution in [2.24, 2.45) is 0 Å². The highest BCUT2D eigenvalue weighted by Crippen LogP contribution is 2.24. The third kappa shape index (κ3) is 2.57. The number of aryl methyl sites for hydroxylation is 1. The molecule has 1 aromatic carbocycles. The SMILES string of the molecule is Cc1ccc(CN2CCNCC2)c(C)c1Cl. The predicted octanol–water partition coefficient (Wildman–Crippen LogP) is 2.36. The zero-order valence-electron chi connectivity index (χ0n) is 10.0. The lowest BCUT2D eigenvalue weighted by molar-refractivity contribution is 0.233. The van der Waals surface area contributed by atoms with Gasteiger partial charge in [0.15, 0.2) is 0 Å². The molecular weight excluding hydrogens is 220 g/mol. The van der Waals surface area contributed by atoms with Crippen molar-refractivity contribution in [3.63, 3.8) is 0 Å². The van der Waals surface area contributed by atoms with Gasteiger partial charge in [0.1, 0.15) is 0 Å².